The van der Waals surface area contributed by atoms with Crippen molar-refractivity contribution in [2.45, 2.75) is 19.4 Å². The molecular weight excluding hydrogens is 310 g/mol. The monoisotopic (exact) mass is 329 g/mol. The Morgan fingerprint density at radius 2 is 1.61 bits per heavy atom. The lowest BCUT2D eigenvalue weighted by Gasteiger charge is -2.29. The van der Waals surface area contributed by atoms with E-state index in [9.17, 15) is 9.59 Å². The summed E-state index contributed by atoms with van der Waals surface area (Å²) in [5.74, 6) is -0.517. The van der Waals surface area contributed by atoms with Gasteiger partial charge in [0.1, 0.15) is 0 Å². The zero-order valence-corrected chi connectivity index (χ0v) is 13.9. The molecular formula is C17H19N3O2S. The topological polar surface area (TPSA) is 75.4 Å². The molecule has 0 aliphatic heterocycles. The van der Waals surface area contributed by atoms with Gasteiger partial charge in [0.25, 0.3) is 0 Å². The van der Waals surface area contributed by atoms with Crippen LogP contribution in [0.2, 0.25) is 0 Å². The molecule has 2 aromatic rings. The number of urea groups is 1. The van der Waals surface area contributed by atoms with E-state index < -0.39 is 11.4 Å². The van der Waals surface area contributed by atoms with E-state index in [4.69, 9.17) is 5.73 Å². The molecule has 0 radical (unpaired) electrons. The normalized spacial score (nSPS) is 10.9. The van der Waals surface area contributed by atoms with E-state index in [1.165, 1.54) is 4.31 Å². The number of nitrogens with zero attached hydrogens (tertiary/aromatic N) is 1. The van der Waals surface area contributed by atoms with Crippen molar-refractivity contribution in [3.63, 3.8) is 0 Å². The standard InChI is InChI=1S/C17H19N3O2S/c1-17(2,13-6-4-3-5-7-13)19-16(22)20(23)14-10-8-12(9-11-14)15(18)21/h3-11,23H,1-2H3,(H2,18,21)(H,19,22). The Hall–Kier alpha value is -2.47. The third-order valence-corrected chi connectivity index (χ3v) is 3.92. The number of primary amides is 1. The SMILES string of the molecule is CC(C)(NC(=O)N(S)c1ccc(C(N)=O)cc1)c1ccccc1. The lowest BCUT2D eigenvalue weighted by atomic mass is 9.95. The van der Waals surface area contributed by atoms with Gasteiger partial charge in [-0.1, -0.05) is 43.1 Å². The lowest BCUT2D eigenvalue weighted by Crippen LogP contribution is -2.45. The first-order valence-electron chi connectivity index (χ1n) is 7.08. The first kappa shape index (κ1) is 16.9. The summed E-state index contributed by atoms with van der Waals surface area (Å²) < 4.78 is 1.19. The van der Waals surface area contributed by atoms with E-state index in [1.54, 1.807) is 24.3 Å². The number of hydrogen-bond acceptors (Lipinski definition) is 3. The fourth-order valence-electron chi connectivity index (χ4n) is 2.13. The number of carbonyl (C=O) groups is 2. The number of benzene rings is 2. The molecule has 0 unspecified atom stereocenters. The second-order valence-electron chi connectivity index (χ2n) is 5.64. The summed E-state index contributed by atoms with van der Waals surface area (Å²) in [6.07, 6.45) is 0. The molecule has 120 valence electrons. The number of anilines is 1. The molecule has 0 fully saturated rings. The van der Waals surface area contributed by atoms with Crippen LogP contribution in [0.15, 0.2) is 54.6 Å². The maximum absolute atomic E-state index is 12.4. The van der Waals surface area contributed by atoms with Crippen molar-refractivity contribution < 1.29 is 9.59 Å². The van der Waals surface area contributed by atoms with E-state index in [0.29, 0.717) is 11.3 Å². The van der Waals surface area contributed by atoms with Crippen LogP contribution in [-0.2, 0) is 5.54 Å². The highest BCUT2D eigenvalue weighted by molar-refractivity contribution is 7.82. The van der Waals surface area contributed by atoms with Gasteiger partial charge in [0.2, 0.25) is 5.91 Å². The highest BCUT2D eigenvalue weighted by atomic mass is 32.1. The quantitative estimate of drug-likeness (QED) is 0.754. The minimum atomic E-state index is -0.549. The minimum absolute atomic E-state index is 0.367. The average molecular weight is 329 g/mol. The number of rotatable bonds is 4. The molecule has 0 heterocycles. The van der Waals surface area contributed by atoms with Gasteiger partial charge in [0.15, 0.2) is 0 Å². The van der Waals surface area contributed by atoms with Gasteiger partial charge in [-0.2, -0.15) is 0 Å². The number of nitrogens with one attached hydrogen (secondary N) is 1. The van der Waals surface area contributed by atoms with Crippen LogP contribution in [0.5, 0.6) is 0 Å². The molecule has 5 nitrogen and oxygen atoms in total. The Labute approximate surface area is 141 Å². The van der Waals surface area contributed by atoms with Gasteiger partial charge in [-0.25, -0.2) is 9.10 Å². The Bertz CT molecular complexity index is 700. The van der Waals surface area contributed by atoms with Crippen LogP contribution in [0.3, 0.4) is 0 Å². The van der Waals surface area contributed by atoms with Gasteiger partial charge < -0.3 is 11.1 Å². The van der Waals surface area contributed by atoms with Gasteiger partial charge in [-0.15, -0.1) is 0 Å². The van der Waals surface area contributed by atoms with Crippen molar-refractivity contribution >= 4 is 30.4 Å². The predicted octanol–water partition coefficient (Wildman–Crippen LogP) is 3.08. The van der Waals surface area contributed by atoms with E-state index in [2.05, 4.69) is 18.1 Å². The van der Waals surface area contributed by atoms with Crippen LogP contribution in [-0.4, -0.2) is 11.9 Å². The summed E-state index contributed by atoms with van der Waals surface area (Å²) in [7, 11) is 0. The van der Waals surface area contributed by atoms with Crippen molar-refractivity contribution in [1.29, 1.82) is 0 Å². The molecule has 23 heavy (non-hydrogen) atoms. The van der Waals surface area contributed by atoms with Crippen LogP contribution in [0.4, 0.5) is 10.5 Å². The van der Waals surface area contributed by atoms with Crippen molar-refractivity contribution in [3.8, 4) is 0 Å². The zero-order chi connectivity index (χ0) is 17.0. The summed E-state index contributed by atoms with van der Waals surface area (Å²) in [6, 6.07) is 15.6. The summed E-state index contributed by atoms with van der Waals surface area (Å²) in [5, 5.41) is 2.93. The molecule has 0 atom stereocenters. The van der Waals surface area contributed by atoms with E-state index >= 15 is 0 Å². The van der Waals surface area contributed by atoms with Crippen LogP contribution in [0.1, 0.15) is 29.8 Å². The van der Waals surface area contributed by atoms with Gasteiger partial charge in [-0.05, 0) is 43.7 Å². The number of hydrogen-bond donors (Lipinski definition) is 3. The number of thiol groups is 1. The fraction of sp³-hybridized carbons (Fsp3) is 0.176. The number of carbonyl (C=O) groups excluding carboxylic acids is 2. The molecule has 0 saturated carbocycles. The van der Waals surface area contributed by atoms with Gasteiger partial charge in [0.05, 0.1) is 11.2 Å². The first-order chi connectivity index (χ1) is 10.8. The maximum atomic E-state index is 12.4. The first-order valence-corrected chi connectivity index (χ1v) is 7.48. The third kappa shape index (κ3) is 4.04. The highest BCUT2D eigenvalue weighted by Gasteiger charge is 2.25. The molecule has 0 aliphatic carbocycles. The van der Waals surface area contributed by atoms with Crippen molar-refractivity contribution in [2.24, 2.45) is 5.73 Å². The number of nitrogens with two attached hydrogens (primary N) is 1. The molecule has 6 heteroatoms. The molecule has 3 N–H and O–H groups in total. The van der Waals surface area contributed by atoms with Gasteiger partial charge in [0, 0.05) is 5.56 Å². The number of amides is 3. The Kier molecular flexibility index (Phi) is 4.95. The second-order valence-corrected chi connectivity index (χ2v) is 6.04. The zero-order valence-electron chi connectivity index (χ0n) is 13.0. The molecule has 0 bridgehead atoms. The third-order valence-electron chi connectivity index (χ3n) is 3.50. The van der Waals surface area contributed by atoms with Crippen LogP contribution >= 0.6 is 12.8 Å². The van der Waals surface area contributed by atoms with Gasteiger partial charge >= 0.3 is 6.03 Å². The van der Waals surface area contributed by atoms with Crippen molar-refractivity contribution in [1.82, 2.24) is 5.32 Å². The maximum Gasteiger partial charge on any atom is 0.332 e. The fourth-order valence-corrected chi connectivity index (χ4v) is 2.31. The Balaban J connectivity index is 2.12. The summed E-state index contributed by atoms with van der Waals surface area (Å²) >= 11 is 4.23. The largest absolute Gasteiger partial charge is 0.366 e. The average Bonchev–Trinajstić information content (AvgIpc) is 2.54. The lowest BCUT2D eigenvalue weighted by molar-refractivity contribution is 0.100. The van der Waals surface area contributed by atoms with E-state index in [0.717, 1.165) is 5.56 Å². The van der Waals surface area contributed by atoms with Crippen LogP contribution in [0, 0.1) is 0 Å². The predicted molar refractivity (Wildman–Crippen MR) is 94.4 cm³/mol. The van der Waals surface area contributed by atoms with Crippen molar-refractivity contribution in [2.75, 3.05) is 4.31 Å². The molecule has 0 aromatic heterocycles. The van der Waals surface area contributed by atoms with E-state index in [-0.39, 0.29) is 6.03 Å². The van der Waals surface area contributed by atoms with Crippen LogP contribution in [0.25, 0.3) is 0 Å². The Morgan fingerprint density at radius 3 is 2.13 bits per heavy atom. The van der Waals surface area contributed by atoms with Crippen molar-refractivity contribution in [3.05, 3.63) is 65.7 Å². The highest BCUT2D eigenvalue weighted by Crippen LogP contribution is 2.22. The van der Waals surface area contributed by atoms with E-state index in [1.807, 2.05) is 44.2 Å². The Morgan fingerprint density at radius 1 is 1.04 bits per heavy atom. The summed E-state index contributed by atoms with van der Waals surface area (Å²) in [6.45, 7) is 3.83. The minimum Gasteiger partial charge on any atom is -0.366 e. The second kappa shape index (κ2) is 6.75. The summed E-state index contributed by atoms with van der Waals surface area (Å²) in [4.78, 5) is 23.5. The molecule has 3 amide bonds. The molecule has 2 rings (SSSR count). The summed E-state index contributed by atoms with van der Waals surface area (Å²) in [5.41, 5.74) is 6.55. The molecule has 2 aromatic carbocycles. The molecule has 0 aliphatic rings. The smallest absolute Gasteiger partial charge is 0.332 e. The molecule has 0 saturated heterocycles. The molecule has 0 spiro atoms. The van der Waals surface area contributed by atoms with Crippen LogP contribution < -0.4 is 15.4 Å². The van der Waals surface area contributed by atoms with Gasteiger partial charge in [-0.3, -0.25) is 4.79 Å².